The third-order valence-corrected chi connectivity index (χ3v) is 2.70. The maximum absolute atomic E-state index is 4.43. The van der Waals surface area contributed by atoms with Crippen LogP contribution in [0.25, 0.3) is 0 Å². The van der Waals surface area contributed by atoms with E-state index in [2.05, 4.69) is 34.4 Å². The average Bonchev–Trinajstić information content (AvgIpc) is 3.01. The monoisotopic (exact) mass is 206 g/mol. The molecule has 0 aromatic carbocycles. The normalized spacial score (nSPS) is 17.2. The SMILES string of the molecule is CCNc1cncc(NC(C)C2CC2)n1. The van der Waals surface area contributed by atoms with Crippen molar-refractivity contribution in [3.63, 3.8) is 0 Å². The van der Waals surface area contributed by atoms with Crippen LogP contribution in [-0.2, 0) is 0 Å². The van der Waals surface area contributed by atoms with E-state index in [9.17, 15) is 0 Å². The zero-order chi connectivity index (χ0) is 10.7. The van der Waals surface area contributed by atoms with Crippen molar-refractivity contribution >= 4 is 11.6 Å². The molecule has 0 saturated heterocycles. The second-order valence-electron chi connectivity index (χ2n) is 4.09. The van der Waals surface area contributed by atoms with Crippen LogP contribution in [0.1, 0.15) is 26.7 Å². The zero-order valence-corrected chi connectivity index (χ0v) is 9.33. The van der Waals surface area contributed by atoms with Gasteiger partial charge in [0.15, 0.2) is 0 Å². The van der Waals surface area contributed by atoms with Crippen LogP contribution in [0, 0.1) is 5.92 Å². The van der Waals surface area contributed by atoms with E-state index in [1.165, 1.54) is 12.8 Å². The average molecular weight is 206 g/mol. The number of aromatic nitrogens is 2. The van der Waals surface area contributed by atoms with Crippen LogP contribution in [0.4, 0.5) is 11.6 Å². The molecule has 1 fully saturated rings. The van der Waals surface area contributed by atoms with Gasteiger partial charge in [-0.2, -0.15) is 0 Å². The first-order valence-corrected chi connectivity index (χ1v) is 5.62. The summed E-state index contributed by atoms with van der Waals surface area (Å²) in [7, 11) is 0. The first-order chi connectivity index (χ1) is 7.29. The van der Waals surface area contributed by atoms with Crippen molar-refractivity contribution in [2.24, 2.45) is 5.92 Å². The summed E-state index contributed by atoms with van der Waals surface area (Å²) >= 11 is 0. The Balaban J connectivity index is 1.97. The first kappa shape index (κ1) is 10.2. The molecule has 0 radical (unpaired) electrons. The van der Waals surface area contributed by atoms with Crippen molar-refractivity contribution in [1.82, 2.24) is 9.97 Å². The molecule has 1 aromatic rings. The van der Waals surface area contributed by atoms with E-state index in [4.69, 9.17) is 0 Å². The molecule has 2 N–H and O–H groups in total. The van der Waals surface area contributed by atoms with Gasteiger partial charge in [-0.15, -0.1) is 0 Å². The minimum Gasteiger partial charge on any atom is -0.369 e. The summed E-state index contributed by atoms with van der Waals surface area (Å²) in [6.07, 6.45) is 6.21. The Bertz CT molecular complexity index is 322. The Morgan fingerprint density at radius 2 is 2.13 bits per heavy atom. The minimum absolute atomic E-state index is 0.510. The molecule has 1 saturated carbocycles. The highest BCUT2D eigenvalue weighted by Crippen LogP contribution is 2.33. The molecule has 1 atom stereocenters. The van der Waals surface area contributed by atoms with Gasteiger partial charge in [-0.1, -0.05) is 0 Å². The molecule has 4 heteroatoms. The molecule has 1 aliphatic rings. The number of anilines is 2. The molecular formula is C11H18N4. The van der Waals surface area contributed by atoms with Gasteiger partial charge in [0.1, 0.15) is 11.6 Å². The molecular weight excluding hydrogens is 188 g/mol. The van der Waals surface area contributed by atoms with Crippen molar-refractivity contribution in [2.75, 3.05) is 17.2 Å². The van der Waals surface area contributed by atoms with Gasteiger partial charge in [0.05, 0.1) is 12.4 Å². The molecule has 4 nitrogen and oxygen atoms in total. The molecule has 82 valence electrons. The highest BCUT2D eigenvalue weighted by molar-refractivity contribution is 5.42. The minimum atomic E-state index is 0.510. The van der Waals surface area contributed by atoms with Crippen molar-refractivity contribution in [3.05, 3.63) is 12.4 Å². The summed E-state index contributed by atoms with van der Waals surface area (Å²) in [5, 5.41) is 6.54. The van der Waals surface area contributed by atoms with Crippen molar-refractivity contribution in [3.8, 4) is 0 Å². The predicted molar refractivity (Wildman–Crippen MR) is 62.0 cm³/mol. The second kappa shape index (κ2) is 4.47. The number of hydrogen-bond acceptors (Lipinski definition) is 4. The van der Waals surface area contributed by atoms with Gasteiger partial charge in [-0.05, 0) is 32.6 Å². The van der Waals surface area contributed by atoms with Crippen LogP contribution < -0.4 is 10.6 Å². The summed E-state index contributed by atoms with van der Waals surface area (Å²) in [5.74, 6) is 2.54. The van der Waals surface area contributed by atoms with Crippen molar-refractivity contribution in [2.45, 2.75) is 32.7 Å². The first-order valence-electron chi connectivity index (χ1n) is 5.62. The molecule has 15 heavy (non-hydrogen) atoms. The van der Waals surface area contributed by atoms with Crippen molar-refractivity contribution < 1.29 is 0 Å². The van der Waals surface area contributed by atoms with Crippen LogP contribution >= 0.6 is 0 Å². The van der Waals surface area contributed by atoms with Gasteiger partial charge in [-0.3, -0.25) is 4.98 Å². The smallest absolute Gasteiger partial charge is 0.147 e. The number of hydrogen-bond donors (Lipinski definition) is 2. The Morgan fingerprint density at radius 1 is 1.40 bits per heavy atom. The lowest BCUT2D eigenvalue weighted by molar-refractivity contribution is 0.690. The van der Waals surface area contributed by atoms with Crippen LogP contribution in [0.3, 0.4) is 0 Å². The van der Waals surface area contributed by atoms with Gasteiger partial charge < -0.3 is 10.6 Å². The predicted octanol–water partition coefficient (Wildman–Crippen LogP) is 2.12. The summed E-state index contributed by atoms with van der Waals surface area (Å²) in [6.45, 7) is 5.13. The molecule has 0 amide bonds. The fourth-order valence-corrected chi connectivity index (χ4v) is 1.65. The Morgan fingerprint density at radius 3 is 2.80 bits per heavy atom. The maximum atomic E-state index is 4.43. The summed E-state index contributed by atoms with van der Waals surface area (Å²) in [5.41, 5.74) is 0. The van der Waals surface area contributed by atoms with Crippen LogP contribution in [0.15, 0.2) is 12.4 Å². The fraction of sp³-hybridized carbons (Fsp3) is 0.636. The topological polar surface area (TPSA) is 49.8 Å². The van der Waals surface area contributed by atoms with Gasteiger partial charge in [-0.25, -0.2) is 4.98 Å². The summed E-state index contributed by atoms with van der Waals surface area (Å²) in [6, 6.07) is 0.510. The third kappa shape index (κ3) is 2.81. The van der Waals surface area contributed by atoms with E-state index in [1.807, 2.05) is 0 Å². The Hall–Kier alpha value is -1.32. The Labute approximate surface area is 90.5 Å². The molecule has 0 spiro atoms. The molecule has 1 unspecified atom stereocenters. The van der Waals surface area contributed by atoms with Gasteiger partial charge in [0.2, 0.25) is 0 Å². The van der Waals surface area contributed by atoms with Crippen LogP contribution in [-0.4, -0.2) is 22.6 Å². The second-order valence-corrected chi connectivity index (χ2v) is 4.09. The Kier molecular flexibility index (Phi) is 3.04. The van der Waals surface area contributed by atoms with Crippen LogP contribution in [0.2, 0.25) is 0 Å². The van der Waals surface area contributed by atoms with Gasteiger partial charge >= 0.3 is 0 Å². The molecule has 2 rings (SSSR count). The van der Waals surface area contributed by atoms with E-state index >= 15 is 0 Å². The zero-order valence-electron chi connectivity index (χ0n) is 9.33. The summed E-state index contributed by atoms with van der Waals surface area (Å²) in [4.78, 5) is 8.58. The van der Waals surface area contributed by atoms with E-state index in [1.54, 1.807) is 12.4 Å². The molecule has 1 heterocycles. The fourth-order valence-electron chi connectivity index (χ4n) is 1.65. The highest BCUT2D eigenvalue weighted by atomic mass is 15.1. The molecule has 1 aliphatic carbocycles. The lowest BCUT2D eigenvalue weighted by atomic mass is 10.2. The van der Waals surface area contributed by atoms with E-state index in [-0.39, 0.29) is 0 Å². The van der Waals surface area contributed by atoms with E-state index < -0.39 is 0 Å². The molecule has 0 aliphatic heterocycles. The number of nitrogens with zero attached hydrogens (tertiary/aromatic N) is 2. The summed E-state index contributed by atoms with van der Waals surface area (Å²) < 4.78 is 0. The maximum Gasteiger partial charge on any atom is 0.147 e. The molecule has 1 aromatic heterocycles. The van der Waals surface area contributed by atoms with Crippen molar-refractivity contribution in [1.29, 1.82) is 0 Å². The third-order valence-electron chi connectivity index (χ3n) is 2.70. The quantitative estimate of drug-likeness (QED) is 0.774. The van der Waals surface area contributed by atoms with Crippen LogP contribution in [0.5, 0.6) is 0 Å². The molecule has 0 bridgehead atoms. The van der Waals surface area contributed by atoms with Gasteiger partial charge in [0, 0.05) is 12.6 Å². The largest absolute Gasteiger partial charge is 0.369 e. The standard InChI is InChI=1S/C11H18N4/c1-3-13-10-6-12-7-11(15-10)14-8(2)9-4-5-9/h6-9H,3-5H2,1-2H3,(H2,13,14,15). The number of rotatable bonds is 5. The lowest BCUT2D eigenvalue weighted by Crippen LogP contribution is -2.18. The van der Waals surface area contributed by atoms with E-state index in [0.29, 0.717) is 6.04 Å². The lowest BCUT2D eigenvalue weighted by Gasteiger charge is -2.13. The highest BCUT2D eigenvalue weighted by Gasteiger charge is 2.27. The van der Waals surface area contributed by atoms with E-state index in [0.717, 1.165) is 24.1 Å². The number of nitrogens with one attached hydrogen (secondary N) is 2. The van der Waals surface area contributed by atoms with Gasteiger partial charge in [0.25, 0.3) is 0 Å².